The second-order valence-electron chi connectivity index (χ2n) is 6.35. The largest absolute Gasteiger partial charge is 0.374 e. The summed E-state index contributed by atoms with van der Waals surface area (Å²) >= 11 is 0. The lowest BCUT2D eigenvalue weighted by Crippen LogP contribution is -2.46. The van der Waals surface area contributed by atoms with Gasteiger partial charge in [0.05, 0.1) is 12.7 Å². The molecule has 1 atom stereocenters. The predicted molar refractivity (Wildman–Crippen MR) is 89.0 cm³/mol. The molecule has 1 amide bonds. The van der Waals surface area contributed by atoms with Crippen LogP contribution in [0.1, 0.15) is 24.0 Å². The summed E-state index contributed by atoms with van der Waals surface area (Å²) < 4.78 is 5.77. The van der Waals surface area contributed by atoms with Gasteiger partial charge in [-0.1, -0.05) is 24.3 Å². The number of hydrogen-bond donors (Lipinski definition) is 0. The number of carbonyl (C=O) groups excluding carboxylic acids is 1. The van der Waals surface area contributed by atoms with Crippen LogP contribution < -0.4 is 0 Å². The Bertz CT molecular complexity index is 488. The summed E-state index contributed by atoms with van der Waals surface area (Å²) in [6.45, 7) is 5.22. The first-order chi connectivity index (χ1) is 10.6. The lowest BCUT2D eigenvalue weighted by molar-refractivity contribution is -0.139. The number of benzene rings is 1. The van der Waals surface area contributed by atoms with Crippen molar-refractivity contribution in [3.63, 3.8) is 0 Å². The van der Waals surface area contributed by atoms with Crippen LogP contribution in [0.3, 0.4) is 0 Å². The van der Waals surface area contributed by atoms with Gasteiger partial charge < -0.3 is 14.5 Å². The van der Waals surface area contributed by atoms with Crippen molar-refractivity contribution < 1.29 is 9.53 Å². The van der Waals surface area contributed by atoms with Crippen LogP contribution in [0.15, 0.2) is 24.3 Å². The fourth-order valence-electron chi connectivity index (χ4n) is 2.81. The fourth-order valence-corrected chi connectivity index (χ4v) is 2.81. The van der Waals surface area contributed by atoms with E-state index in [9.17, 15) is 4.79 Å². The van der Waals surface area contributed by atoms with Crippen molar-refractivity contribution in [3.8, 4) is 0 Å². The Labute approximate surface area is 134 Å². The second kappa shape index (κ2) is 8.30. The van der Waals surface area contributed by atoms with Crippen LogP contribution in [-0.4, -0.2) is 62.1 Å². The van der Waals surface area contributed by atoms with Crippen molar-refractivity contribution in [2.45, 2.75) is 32.3 Å². The Morgan fingerprint density at radius 2 is 2.14 bits per heavy atom. The number of nitrogens with zero attached hydrogens (tertiary/aromatic N) is 2. The molecule has 1 fully saturated rings. The van der Waals surface area contributed by atoms with Gasteiger partial charge in [-0.15, -0.1) is 0 Å². The van der Waals surface area contributed by atoms with Crippen LogP contribution in [0.4, 0.5) is 0 Å². The van der Waals surface area contributed by atoms with Crippen molar-refractivity contribution in [1.82, 2.24) is 9.80 Å². The minimum absolute atomic E-state index is 0.179. The Morgan fingerprint density at radius 3 is 2.86 bits per heavy atom. The Morgan fingerprint density at radius 1 is 1.36 bits per heavy atom. The van der Waals surface area contributed by atoms with Crippen molar-refractivity contribution in [1.29, 1.82) is 0 Å². The molecule has 0 aliphatic carbocycles. The minimum Gasteiger partial charge on any atom is -0.374 e. The van der Waals surface area contributed by atoms with Crippen LogP contribution in [0.5, 0.6) is 0 Å². The lowest BCUT2D eigenvalue weighted by Gasteiger charge is -2.33. The van der Waals surface area contributed by atoms with E-state index in [0.717, 1.165) is 32.5 Å². The molecule has 1 aromatic carbocycles. The third-order valence-electron chi connectivity index (χ3n) is 4.26. The summed E-state index contributed by atoms with van der Waals surface area (Å²) in [5.41, 5.74) is 2.54. The SMILES string of the molecule is Cc1ccccc1CCC(=O)N1CCO[C@@H](CCN(C)C)C1. The van der Waals surface area contributed by atoms with E-state index in [0.29, 0.717) is 13.0 Å². The van der Waals surface area contributed by atoms with E-state index < -0.39 is 0 Å². The Balaban J connectivity index is 1.80. The monoisotopic (exact) mass is 304 g/mol. The Hall–Kier alpha value is -1.39. The molecule has 1 aliphatic rings. The van der Waals surface area contributed by atoms with Crippen LogP contribution in [0.25, 0.3) is 0 Å². The molecular formula is C18H28N2O2. The van der Waals surface area contributed by atoms with Crippen LogP contribution in [-0.2, 0) is 16.0 Å². The number of rotatable bonds is 6. The zero-order valence-corrected chi connectivity index (χ0v) is 14.0. The summed E-state index contributed by atoms with van der Waals surface area (Å²) in [6.07, 6.45) is 2.57. The van der Waals surface area contributed by atoms with Crippen LogP contribution in [0.2, 0.25) is 0 Å². The van der Waals surface area contributed by atoms with Crippen molar-refractivity contribution in [3.05, 3.63) is 35.4 Å². The van der Waals surface area contributed by atoms with Crippen molar-refractivity contribution in [2.24, 2.45) is 0 Å². The van der Waals surface area contributed by atoms with Gasteiger partial charge in [0.2, 0.25) is 5.91 Å². The van der Waals surface area contributed by atoms with Crippen LogP contribution >= 0.6 is 0 Å². The molecule has 1 aliphatic heterocycles. The molecule has 4 nitrogen and oxygen atoms in total. The number of amides is 1. The summed E-state index contributed by atoms with van der Waals surface area (Å²) in [4.78, 5) is 16.6. The molecule has 0 aromatic heterocycles. The highest BCUT2D eigenvalue weighted by atomic mass is 16.5. The molecule has 1 saturated heterocycles. The van der Waals surface area contributed by atoms with Crippen molar-refractivity contribution >= 4 is 5.91 Å². The number of morpholine rings is 1. The van der Waals surface area contributed by atoms with Gasteiger partial charge >= 0.3 is 0 Å². The van der Waals surface area contributed by atoms with E-state index in [-0.39, 0.29) is 12.0 Å². The molecule has 0 bridgehead atoms. The van der Waals surface area contributed by atoms with Gasteiger partial charge in [0.15, 0.2) is 0 Å². The molecule has 2 rings (SSSR count). The molecule has 0 unspecified atom stereocenters. The van der Waals surface area contributed by atoms with E-state index in [1.807, 2.05) is 17.0 Å². The molecule has 0 radical (unpaired) electrons. The van der Waals surface area contributed by atoms with E-state index in [1.54, 1.807) is 0 Å². The maximum Gasteiger partial charge on any atom is 0.223 e. The first kappa shape index (κ1) is 17.0. The molecule has 122 valence electrons. The maximum atomic E-state index is 12.4. The summed E-state index contributed by atoms with van der Waals surface area (Å²) in [7, 11) is 4.13. The maximum absolute atomic E-state index is 12.4. The molecule has 0 N–H and O–H groups in total. The van der Waals surface area contributed by atoms with Gasteiger partial charge in [0.1, 0.15) is 0 Å². The standard InChI is InChI=1S/C18H28N2O2/c1-15-6-4-5-7-16(15)8-9-18(21)20-12-13-22-17(14-20)10-11-19(2)3/h4-7,17H,8-14H2,1-3H3/t17-/m0/s1. The fraction of sp³-hybridized carbons (Fsp3) is 0.611. The van der Waals surface area contributed by atoms with Gasteiger partial charge in [-0.2, -0.15) is 0 Å². The second-order valence-corrected chi connectivity index (χ2v) is 6.35. The molecular weight excluding hydrogens is 276 g/mol. The average molecular weight is 304 g/mol. The first-order valence-electron chi connectivity index (χ1n) is 8.15. The summed E-state index contributed by atoms with van der Waals surface area (Å²) in [6, 6.07) is 8.30. The molecule has 0 spiro atoms. The molecule has 4 heteroatoms. The third-order valence-corrected chi connectivity index (χ3v) is 4.26. The number of hydrogen-bond acceptors (Lipinski definition) is 3. The molecule has 0 saturated carbocycles. The highest BCUT2D eigenvalue weighted by molar-refractivity contribution is 5.76. The highest BCUT2D eigenvalue weighted by Crippen LogP contribution is 2.13. The number of carbonyl (C=O) groups is 1. The summed E-state index contributed by atoms with van der Waals surface area (Å²) in [5, 5.41) is 0. The lowest BCUT2D eigenvalue weighted by atomic mass is 10.0. The van der Waals surface area contributed by atoms with E-state index in [1.165, 1.54) is 11.1 Å². The van der Waals surface area contributed by atoms with Gasteiger partial charge in [-0.3, -0.25) is 4.79 Å². The third kappa shape index (κ3) is 5.11. The summed E-state index contributed by atoms with van der Waals surface area (Å²) in [5.74, 6) is 0.251. The predicted octanol–water partition coefficient (Wildman–Crippen LogP) is 2.11. The normalized spacial score (nSPS) is 18.7. The van der Waals surface area contributed by atoms with E-state index in [4.69, 9.17) is 4.74 Å². The van der Waals surface area contributed by atoms with Gasteiger partial charge in [0, 0.05) is 26.1 Å². The first-order valence-corrected chi connectivity index (χ1v) is 8.15. The van der Waals surface area contributed by atoms with E-state index in [2.05, 4.69) is 38.1 Å². The molecule has 22 heavy (non-hydrogen) atoms. The molecule has 1 heterocycles. The van der Waals surface area contributed by atoms with E-state index >= 15 is 0 Å². The number of ether oxygens (including phenoxy) is 1. The zero-order chi connectivity index (χ0) is 15.9. The minimum atomic E-state index is 0.179. The average Bonchev–Trinajstić information content (AvgIpc) is 2.52. The number of aryl methyl sites for hydroxylation is 2. The quantitative estimate of drug-likeness (QED) is 0.807. The topological polar surface area (TPSA) is 32.8 Å². The van der Waals surface area contributed by atoms with Crippen LogP contribution in [0, 0.1) is 6.92 Å². The van der Waals surface area contributed by atoms with Crippen molar-refractivity contribution in [2.75, 3.05) is 40.3 Å². The Kier molecular flexibility index (Phi) is 6.40. The smallest absolute Gasteiger partial charge is 0.223 e. The van der Waals surface area contributed by atoms with Gasteiger partial charge in [-0.25, -0.2) is 0 Å². The highest BCUT2D eigenvalue weighted by Gasteiger charge is 2.23. The zero-order valence-electron chi connectivity index (χ0n) is 14.0. The van der Waals surface area contributed by atoms with Gasteiger partial charge in [0.25, 0.3) is 0 Å². The van der Waals surface area contributed by atoms with Gasteiger partial charge in [-0.05, 0) is 45.0 Å². The molecule has 1 aromatic rings.